The molecule has 2 aromatic carbocycles. The fourth-order valence-corrected chi connectivity index (χ4v) is 2.34. The monoisotopic (exact) mass is 361 g/mol. The Labute approximate surface area is 150 Å². The number of methoxy groups -OCH3 is 1. The van der Waals surface area contributed by atoms with Crippen LogP contribution >= 0.6 is 0 Å². The summed E-state index contributed by atoms with van der Waals surface area (Å²) in [6.07, 6.45) is -1.24. The molecule has 0 bridgehead atoms. The molecule has 1 amide bonds. The Morgan fingerprint density at radius 2 is 1.88 bits per heavy atom. The number of halogens is 1. The fraction of sp³-hybridized carbons (Fsp3) is 0.263. The van der Waals surface area contributed by atoms with E-state index < -0.39 is 17.9 Å². The standard InChI is InChI=1S/C19H20FNO5/c1-12-3-8-16(25-2)13(9-12)10-18(22)21-11-17(19(23)24)26-15-6-4-14(20)5-7-15/h3-9,17H,10-11H2,1-2H3,(H,21,22)(H,23,24). The lowest BCUT2D eigenvalue weighted by Crippen LogP contribution is -2.40. The first-order valence-electron chi connectivity index (χ1n) is 7.94. The molecule has 0 aromatic heterocycles. The summed E-state index contributed by atoms with van der Waals surface area (Å²) in [5.74, 6) is -1.26. The molecule has 0 saturated carbocycles. The molecule has 7 heteroatoms. The number of hydrogen-bond acceptors (Lipinski definition) is 4. The van der Waals surface area contributed by atoms with Crippen LogP contribution in [0.3, 0.4) is 0 Å². The van der Waals surface area contributed by atoms with E-state index in [1.54, 1.807) is 6.07 Å². The first-order valence-corrected chi connectivity index (χ1v) is 7.94. The van der Waals surface area contributed by atoms with Crippen molar-refractivity contribution in [3.63, 3.8) is 0 Å². The SMILES string of the molecule is COc1ccc(C)cc1CC(=O)NCC(Oc1ccc(F)cc1)C(=O)O. The third kappa shape index (κ3) is 5.47. The van der Waals surface area contributed by atoms with E-state index in [4.69, 9.17) is 9.47 Å². The molecule has 0 radical (unpaired) electrons. The van der Waals surface area contributed by atoms with E-state index in [1.807, 2.05) is 19.1 Å². The van der Waals surface area contributed by atoms with Crippen LogP contribution in [0.2, 0.25) is 0 Å². The minimum Gasteiger partial charge on any atom is -0.496 e. The summed E-state index contributed by atoms with van der Waals surface area (Å²) >= 11 is 0. The van der Waals surface area contributed by atoms with Crippen LogP contribution in [0, 0.1) is 12.7 Å². The summed E-state index contributed by atoms with van der Waals surface area (Å²) in [6.45, 7) is 1.68. The van der Waals surface area contributed by atoms with Crippen molar-refractivity contribution in [2.75, 3.05) is 13.7 Å². The molecular weight excluding hydrogens is 341 g/mol. The van der Waals surface area contributed by atoms with E-state index in [1.165, 1.54) is 19.2 Å². The van der Waals surface area contributed by atoms with Crippen molar-refractivity contribution < 1.29 is 28.6 Å². The first-order chi connectivity index (χ1) is 12.4. The van der Waals surface area contributed by atoms with Crippen LogP contribution in [0.5, 0.6) is 11.5 Å². The second-order valence-corrected chi connectivity index (χ2v) is 5.69. The van der Waals surface area contributed by atoms with Gasteiger partial charge in [0.05, 0.1) is 20.1 Å². The maximum Gasteiger partial charge on any atom is 0.346 e. The van der Waals surface area contributed by atoms with E-state index in [0.717, 1.165) is 17.7 Å². The maximum absolute atomic E-state index is 12.9. The molecule has 138 valence electrons. The Kier molecular flexibility index (Phi) is 6.54. The van der Waals surface area contributed by atoms with Crippen LogP contribution in [0.1, 0.15) is 11.1 Å². The average Bonchev–Trinajstić information content (AvgIpc) is 2.60. The second kappa shape index (κ2) is 8.84. The van der Waals surface area contributed by atoms with E-state index >= 15 is 0 Å². The predicted octanol–water partition coefficient (Wildman–Crippen LogP) is 2.33. The van der Waals surface area contributed by atoms with Gasteiger partial charge in [0, 0.05) is 5.56 Å². The molecule has 26 heavy (non-hydrogen) atoms. The van der Waals surface area contributed by atoms with Gasteiger partial charge in [-0.1, -0.05) is 17.7 Å². The Hall–Kier alpha value is -3.09. The zero-order valence-electron chi connectivity index (χ0n) is 14.5. The number of benzene rings is 2. The van der Waals surface area contributed by atoms with E-state index in [9.17, 15) is 19.1 Å². The van der Waals surface area contributed by atoms with Crippen LogP contribution in [0.15, 0.2) is 42.5 Å². The van der Waals surface area contributed by atoms with Crippen molar-refractivity contribution in [1.82, 2.24) is 5.32 Å². The predicted molar refractivity (Wildman–Crippen MR) is 92.9 cm³/mol. The summed E-state index contributed by atoms with van der Waals surface area (Å²) in [6, 6.07) is 10.5. The number of carboxylic acid groups (broad SMARTS) is 1. The zero-order chi connectivity index (χ0) is 19.1. The zero-order valence-corrected chi connectivity index (χ0v) is 14.5. The third-order valence-electron chi connectivity index (χ3n) is 3.64. The van der Waals surface area contributed by atoms with Gasteiger partial charge < -0.3 is 19.9 Å². The van der Waals surface area contributed by atoms with Gasteiger partial charge in [-0.3, -0.25) is 4.79 Å². The molecule has 2 aromatic rings. The van der Waals surface area contributed by atoms with Gasteiger partial charge in [0.25, 0.3) is 0 Å². The molecule has 0 aliphatic carbocycles. The molecular formula is C19H20FNO5. The van der Waals surface area contributed by atoms with Gasteiger partial charge in [0.1, 0.15) is 17.3 Å². The summed E-state index contributed by atoms with van der Waals surface area (Å²) in [5.41, 5.74) is 1.69. The molecule has 1 atom stereocenters. The van der Waals surface area contributed by atoms with Gasteiger partial charge in [-0.2, -0.15) is 0 Å². The van der Waals surface area contributed by atoms with Crippen LogP contribution in [0.25, 0.3) is 0 Å². The van der Waals surface area contributed by atoms with Gasteiger partial charge in [0.15, 0.2) is 0 Å². The number of carboxylic acids is 1. The maximum atomic E-state index is 12.9. The number of rotatable bonds is 8. The van der Waals surface area contributed by atoms with Gasteiger partial charge >= 0.3 is 5.97 Å². The highest BCUT2D eigenvalue weighted by Gasteiger charge is 2.21. The molecule has 2 N–H and O–H groups in total. The van der Waals surface area contributed by atoms with Crippen LogP contribution in [-0.4, -0.2) is 36.7 Å². The van der Waals surface area contributed by atoms with Crippen LogP contribution in [-0.2, 0) is 16.0 Å². The number of aliphatic carboxylic acids is 1. The number of hydrogen-bond donors (Lipinski definition) is 2. The molecule has 1 unspecified atom stereocenters. The number of aryl methyl sites for hydroxylation is 1. The Bertz CT molecular complexity index is 776. The lowest BCUT2D eigenvalue weighted by molar-refractivity contribution is -0.145. The Balaban J connectivity index is 1.96. The van der Waals surface area contributed by atoms with Gasteiger partial charge in [-0.15, -0.1) is 0 Å². The number of carbonyl (C=O) groups is 2. The molecule has 0 aliphatic rings. The third-order valence-corrected chi connectivity index (χ3v) is 3.64. The summed E-state index contributed by atoms with van der Waals surface area (Å²) < 4.78 is 23.4. The van der Waals surface area contributed by atoms with Crippen molar-refractivity contribution in [2.24, 2.45) is 0 Å². The second-order valence-electron chi connectivity index (χ2n) is 5.69. The van der Waals surface area contributed by atoms with E-state index in [2.05, 4.69) is 5.32 Å². The summed E-state index contributed by atoms with van der Waals surface area (Å²) in [4.78, 5) is 23.5. The van der Waals surface area contributed by atoms with Crippen LogP contribution in [0.4, 0.5) is 4.39 Å². The summed E-state index contributed by atoms with van der Waals surface area (Å²) in [5, 5.41) is 11.8. The highest BCUT2D eigenvalue weighted by molar-refractivity contribution is 5.80. The number of amides is 1. The molecule has 0 aliphatic heterocycles. The van der Waals surface area contributed by atoms with Crippen molar-refractivity contribution in [3.05, 3.63) is 59.4 Å². The fourth-order valence-electron chi connectivity index (χ4n) is 2.34. The minimum absolute atomic E-state index is 0.0493. The van der Waals surface area contributed by atoms with Crippen molar-refractivity contribution in [2.45, 2.75) is 19.4 Å². The van der Waals surface area contributed by atoms with E-state index in [-0.39, 0.29) is 24.6 Å². The van der Waals surface area contributed by atoms with Crippen LogP contribution < -0.4 is 14.8 Å². The van der Waals surface area contributed by atoms with Crippen molar-refractivity contribution >= 4 is 11.9 Å². The first kappa shape index (κ1) is 19.2. The highest BCUT2D eigenvalue weighted by Crippen LogP contribution is 2.20. The van der Waals surface area contributed by atoms with Gasteiger partial charge in [-0.05, 0) is 37.3 Å². The molecule has 0 heterocycles. The minimum atomic E-state index is -1.29. The molecule has 0 saturated heterocycles. The van der Waals surface area contributed by atoms with E-state index in [0.29, 0.717) is 11.3 Å². The highest BCUT2D eigenvalue weighted by atomic mass is 19.1. The summed E-state index contributed by atoms with van der Waals surface area (Å²) in [7, 11) is 1.52. The molecule has 0 fully saturated rings. The normalized spacial score (nSPS) is 11.5. The average molecular weight is 361 g/mol. The smallest absolute Gasteiger partial charge is 0.346 e. The molecule has 6 nitrogen and oxygen atoms in total. The van der Waals surface area contributed by atoms with Crippen molar-refractivity contribution in [3.8, 4) is 11.5 Å². The van der Waals surface area contributed by atoms with Gasteiger partial charge in [0.2, 0.25) is 12.0 Å². The number of nitrogens with one attached hydrogen (secondary N) is 1. The molecule has 2 rings (SSSR count). The topological polar surface area (TPSA) is 84.9 Å². The largest absolute Gasteiger partial charge is 0.496 e. The quantitative estimate of drug-likeness (QED) is 0.754. The number of carbonyl (C=O) groups excluding carboxylic acids is 1. The number of ether oxygens (including phenoxy) is 2. The lowest BCUT2D eigenvalue weighted by Gasteiger charge is -2.16. The Morgan fingerprint density at radius 3 is 2.50 bits per heavy atom. The van der Waals surface area contributed by atoms with Crippen molar-refractivity contribution in [1.29, 1.82) is 0 Å². The van der Waals surface area contributed by atoms with Gasteiger partial charge in [-0.25, -0.2) is 9.18 Å². The molecule has 0 spiro atoms. The lowest BCUT2D eigenvalue weighted by atomic mass is 10.1. The Morgan fingerprint density at radius 1 is 1.19 bits per heavy atom.